The van der Waals surface area contributed by atoms with E-state index in [0.29, 0.717) is 6.42 Å². The number of hydrogen-bond donors (Lipinski definition) is 4. The summed E-state index contributed by atoms with van der Waals surface area (Å²) in [4.78, 5) is 22.8. The standard InChI is InChI=1S/C15H25NO8/c1-3-4-7-23-15(14(21)22)6-5-10(16-9(2)18)13(24-15)12(20)11(19)8-17/h5-6,10-13,17,19-20H,3-4,7-8H2,1-2H3,(H,16,18)(H,21,22)/p-1/t10-,11-,12-,13-,15+/m1/s1. The molecule has 1 heterocycles. The van der Waals surface area contributed by atoms with Crippen LogP contribution in [0.1, 0.15) is 26.7 Å². The quantitative estimate of drug-likeness (QED) is 0.263. The van der Waals surface area contributed by atoms with Crippen LogP contribution < -0.4 is 10.4 Å². The molecule has 0 unspecified atom stereocenters. The summed E-state index contributed by atoms with van der Waals surface area (Å²) in [5, 5.41) is 42.7. The smallest absolute Gasteiger partial charge is 0.230 e. The number of ether oxygens (including phenoxy) is 2. The molecule has 0 aromatic carbocycles. The highest BCUT2D eigenvalue weighted by molar-refractivity contribution is 5.77. The zero-order valence-corrected chi connectivity index (χ0v) is 13.7. The number of nitrogens with one attached hydrogen (secondary N) is 1. The van der Waals surface area contributed by atoms with Crippen LogP contribution in [0.4, 0.5) is 0 Å². The molecule has 4 N–H and O–H groups in total. The SMILES string of the molecule is CCCCO[C@@]1(C(=O)[O-])C=C[C@@H](NC(C)=O)[C@H]([C@H](O)[C@H](O)CO)O1. The highest BCUT2D eigenvalue weighted by Crippen LogP contribution is 2.27. The van der Waals surface area contributed by atoms with Gasteiger partial charge in [0.2, 0.25) is 11.7 Å². The largest absolute Gasteiger partial charge is 0.544 e. The summed E-state index contributed by atoms with van der Waals surface area (Å²) in [6, 6.07) is -0.916. The number of aliphatic hydroxyl groups is 3. The summed E-state index contributed by atoms with van der Waals surface area (Å²) < 4.78 is 10.7. The van der Waals surface area contributed by atoms with Gasteiger partial charge in [0.15, 0.2) is 0 Å². The molecule has 0 saturated carbocycles. The summed E-state index contributed by atoms with van der Waals surface area (Å²) in [5.74, 6) is -4.37. The highest BCUT2D eigenvalue weighted by Gasteiger charge is 2.45. The lowest BCUT2D eigenvalue weighted by Crippen LogP contribution is -2.63. The molecule has 0 aliphatic carbocycles. The van der Waals surface area contributed by atoms with E-state index < -0.39 is 48.6 Å². The normalized spacial score (nSPS) is 29.0. The highest BCUT2D eigenvalue weighted by atomic mass is 16.7. The monoisotopic (exact) mass is 346 g/mol. The maximum atomic E-state index is 11.5. The van der Waals surface area contributed by atoms with Crippen LogP contribution in [0.25, 0.3) is 0 Å². The fourth-order valence-corrected chi connectivity index (χ4v) is 2.25. The first-order chi connectivity index (χ1) is 11.3. The first-order valence-electron chi connectivity index (χ1n) is 7.74. The van der Waals surface area contributed by atoms with Gasteiger partial charge < -0.3 is 40.0 Å². The number of carbonyl (C=O) groups excluding carboxylic acids is 2. The number of hydrogen-bond acceptors (Lipinski definition) is 8. The summed E-state index contributed by atoms with van der Waals surface area (Å²) in [6.07, 6.45) is -0.888. The van der Waals surface area contributed by atoms with E-state index in [1.807, 2.05) is 6.92 Å². The first-order valence-corrected chi connectivity index (χ1v) is 7.74. The van der Waals surface area contributed by atoms with Gasteiger partial charge in [0.1, 0.15) is 24.3 Å². The number of aliphatic carboxylic acids is 1. The van der Waals surface area contributed by atoms with Gasteiger partial charge in [0.25, 0.3) is 0 Å². The van der Waals surface area contributed by atoms with Crippen LogP contribution in [0.3, 0.4) is 0 Å². The molecule has 1 amide bonds. The van der Waals surface area contributed by atoms with Gasteiger partial charge in [-0.3, -0.25) is 4.79 Å². The fourth-order valence-electron chi connectivity index (χ4n) is 2.25. The van der Waals surface area contributed by atoms with Crippen LogP contribution in [0, 0.1) is 0 Å². The average molecular weight is 346 g/mol. The number of rotatable bonds is 9. The van der Waals surface area contributed by atoms with Crippen LogP contribution >= 0.6 is 0 Å². The van der Waals surface area contributed by atoms with Crippen molar-refractivity contribution in [1.29, 1.82) is 0 Å². The molecule has 0 saturated heterocycles. The fraction of sp³-hybridized carbons (Fsp3) is 0.733. The molecule has 9 heteroatoms. The van der Waals surface area contributed by atoms with Gasteiger partial charge in [-0.15, -0.1) is 0 Å². The minimum atomic E-state index is -2.25. The Labute approximate surface area is 139 Å². The van der Waals surface area contributed by atoms with Crippen LogP contribution in [0.15, 0.2) is 12.2 Å². The Bertz CT molecular complexity index is 468. The molecule has 1 aliphatic heterocycles. The Morgan fingerprint density at radius 3 is 2.62 bits per heavy atom. The lowest BCUT2D eigenvalue weighted by molar-refractivity contribution is -0.359. The number of unbranched alkanes of at least 4 members (excludes halogenated alkanes) is 1. The van der Waals surface area contributed by atoms with Crippen molar-refractivity contribution in [2.75, 3.05) is 13.2 Å². The molecule has 0 spiro atoms. The zero-order chi connectivity index (χ0) is 18.3. The van der Waals surface area contributed by atoms with Gasteiger partial charge in [-0.05, 0) is 12.5 Å². The summed E-state index contributed by atoms with van der Waals surface area (Å²) >= 11 is 0. The molecule has 0 aromatic rings. The van der Waals surface area contributed by atoms with Crippen molar-refractivity contribution in [3.63, 3.8) is 0 Å². The van der Waals surface area contributed by atoms with E-state index in [1.54, 1.807) is 0 Å². The third-order valence-electron chi connectivity index (χ3n) is 3.57. The summed E-state index contributed by atoms with van der Waals surface area (Å²) in [6.45, 7) is 2.43. The van der Waals surface area contributed by atoms with Crippen molar-refractivity contribution in [2.24, 2.45) is 0 Å². The molecule has 0 aromatic heterocycles. The lowest BCUT2D eigenvalue weighted by atomic mass is 9.96. The third-order valence-corrected chi connectivity index (χ3v) is 3.57. The van der Waals surface area contributed by atoms with Gasteiger partial charge >= 0.3 is 0 Å². The Kier molecular flexibility index (Phi) is 7.77. The summed E-state index contributed by atoms with van der Waals surface area (Å²) in [7, 11) is 0. The van der Waals surface area contributed by atoms with Crippen molar-refractivity contribution in [2.45, 2.75) is 56.8 Å². The molecule has 138 valence electrons. The predicted molar refractivity (Wildman–Crippen MR) is 79.3 cm³/mol. The summed E-state index contributed by atoms with van der Waals surface area (Å²) in [5.41, 5.74) is 0. The number of carbonyl (C=O) groups is 2. The number of carboxylic acids is 1. The van der Waals surface area contributed by atoms with E-state index in [1.165, 1.54) is 13.0 Å². The molecule has 9 nitrogen and oxygen atoms in total. The molecule has 1 rings (SSSR count). The molecule has 0 fully saturated rings. The molecular weight excluding hydrogens is 322 g/mol. The van der Waals surface area contributed by atoms with E-state index in [9.17, 15) is 24.9 Å². The van der Waals surface area contributed by atoms with E-state index in [0.717, 1.165) is 12.5 Å². The lowest BCUT2D eigenvalue weighted by Gasteiger charge is -2.43. The molecular formula is C15H24NO8-. The van der Waals surface area contributed by atoms with E-state index >= 15 is 0 Å². The van der Waals surface area contributed by atoms with E-state index in [-0.39, 0.29) is 6.61 Å². The third kappa shape index (κ3) is 4.99. The van der Waals surface area contributed by atoms with Gasteiger partial charge in [0.05, 0.1) is 19.3 Å². The maximum Gasteiger partial charge on any atom is 0.230 e. The minimum Gasteiger partial charge on any atom is -0.544 e. The van der Waals surface area contributed by atoms with Crippen molar-refractivity contribution < 1.29 is 39.5 Å². The van der Waals surface area contributed by atoms with Crippen molar-refractivity contribution in [3.05, 3.63) is 12.2 Å². The van der Waals surface area contributed by atoms with Crippen LogP contribution in [-0.4, -0.2) is 70.6 Å². The molecule has 1 aliphatic rings. The number of carboxylic acid groups (broad SMARTS) is 1. The predicted octanol–water partition coefficient (Wildman–Crippen LogP) is -2.58. The van der Waals surface area contributed by atoms with Gasteiger partial charge in [-0.2, -0.15) is 0 Å². The number of aliphatic hydroxyl groups excluding tert-OH is 3. The molecule has 24 heavy (non-hydrogen) atoms. The van der Waals surface area contributed by atoms with Gasteiger partial charge in [-0.25, -0.2) is 0 Å². The Hall–Kier alpha value is -1.52. The second-order valence-corrected chi connectivity index (χ2v) is 5.57. The number of amides is 1. The maximum absolute atomic E-state index is 11.5. The Morgan fingerprint density at radius 1 is 1.46 bits per heavy atom. The van der Waals surface area contributed by atoms with Crippen molar-refractivity contribution >= 4 is 11.9 Å². The van der Waals surface area contributed by atoms with Gasteiger partial charge in [-0.1, -0.05) is 19.4 Å². The second-order valence-electron chi connectivity index (χ2n) is 5.57. The van der Waals surface area contributed by atoms with Crippen molar-refractivity contribution in [1.82, 2.24) is 5.32 Å². The van der Waals surface area contributed by atoms with E-state index in [2.05, 4.69) is 5.32 Å². The Balaban J connectivity index is 3.09. The van der Waals surface area contributed by atoms with E-state index in [4.69, 9.17) is 14.6 Å². The molecule has 0 bridgehead atoms. The zero-order valence-electron chi connectivity index (χ0n) is 13.7. The average Bonchev–Trinajstić information content (AvgIpc) is 2.54. The van der Waals surface area contributed by atoms with Crippen molar-refractivity contribution in [3.8, 4) is 0 Å². The molecule has 0 radical (unpaired) electrons. The van der Waals surface area contributed by atoms with Gasteiger partial charge in [0, 0.05) is 6.92 Å². The topological polar surface area (TPSA) is 148 Å². The van der Waals surface area contributed by atoms with Crippen LogP contribution in [0.2, 0.25) is 0 Å². The van der Waals surface area contributed by atoms with Crippen LogP contribution in [-0.2, 0) is 19.1 Å². The first kappa shape index (κ1) is 20.5. The minimum absolute atomic E-state index is 0.0744. The molecule has 5 atom stereocenters. The second kappa shape index (κ2) is 9.09. The Morgan fingerprint density at radius 2 is 2.12 bits per heavy atom. The van der Waals surface area contributed by atoms with Crippen LogP contribution in [0.5, 0.6) is 0 Å².